The fraction of sp³-hybridized carbons (Fsp3) is 0.714. The molecule has 0 aromatic carbocycles. The molecule has 67 heavy (non-hydrogen) atoms. The molecule has 0 radical (unpaired) electrons. The third-order valence-electron chi connectivity index (χ3n) is 9.83. The normalized spacial score (nSPS) is 13.4. The molecule has 25 heteroatoms. The maximum Gasteiger partial charge on any atom is 0.305 e. The highest BCUT2D eigenvalue weighted by Gasteiger charge is 2.35. The van der Waals surface area contributed by atoms with Crippen molar-refractivity contribution in [2.24, 2.45) is 23.7 Å². The molecule has 0 aliphatic rings. The summed E-state index contributed by atoms with van der Waals surface area (Å²) in [6.45, 7) is 5.34. The zero-order chi connectivity index (χ0) is 50.3. The fourth-order valence-electron chi connectivity index (χ4n) is 6.21. The van der Waals surface area contributed by atoms with E-state index in [9.17, 15) is 67.7 Å². The van der Waals surface area contributed by atoms with E-state index in [2.05, 4.69) is 26.3 Å². The summed E-state index contributed by atoms with van der Waals surface area (Å²) in [5, 5.41) is 51.9. The van der Waals surface area contributed by atoms with Gasteiger partial charge in [0.1, 0.15) is 6.54 Å². The van der Waals surface area contributed by atoms with Gasteiger partial charge in [0.05, 0.1) is 102 Å². The van der Waals surface area contributed by atoms with Gasteiger partial charge < -0.3 is 55.3 Å². The lowest BCUT2D eigenvalue weighted by Crippen LogP contribution is -2.49. The number of amides is 3. The third-order valence-corrected chi connectivity index (χ3v) is 9.83. The number of rotatable bonds is 41. The van der Waals surface area contributed by atoms with E-state index in [0.717, 1.165) is 4.68 Å². The second kappa shape index (κ2) is 33.6. The van der Waals surface area contributed by atoms with Crippen molar-refractivity contribution in [3.63, 3.8) is 0 Å². The number of Topliss-reactive ketones (excluding diaryl/α,β-unsaturated/α-hetero) is 3. The Labute approximate surface area is 386 Å². The van der Waals surface area contributed by atoms with Gasteiger partial charge in [0.25, 0.3) is 0 Å². The Bertz CT molecular complexity index is 1780. The Morgan fingerprint density at radius 1 is 0.642 bits per heavy atom. The number of carboxylic acids is 4. The van der Waals surface area contributed by atoms with Crippen LogP contribution in [0.15, 0.2) is 6.20 Å². The van der Waals surface area contributed by atoms with Gasteiger partial charge in [-0.3, -0.25) is 52.3 Å². The van der Waals surface area contributed by atoms with Gasteiger partial charge in [0.2, 0.25) is 17.7 Å². The number of nitrogens with one attached hydrogen (secondary N) is 3. The van der Waals surface area contributed by atoms with E-state index in [1.54, 1.807) is 13.8 Å². The van der Waals surface area contributed by atoms with Crippen molar-refractivity contribution in [2.75, 3.05) is 66.1 Å². The number of ketones is 3. The van der Waals surface area contributed by atoms with E-state index < -0.39 is 153 Å². The molecule has 0 aliphatic carbocycles. The van der Waals surface area contributed by atoms with Gasteiger partial charge in [-0.05, 0) is 25.2 Å². The van der Waals surface area contributed by atoms with E-state index in [-0.39, 0.29) is 78.7 Å². The molecule has 0 unspecified atom stereocenters. The SMILES string of the molecule is CC(C)[C@H](CC(=O)[C@H](CCC(=O)O)NC(=O)[C@H](CC(=O)O)CC(=O)Cn1cc(CCCF)nn1)C(=O)N[C@@H](CC(=O)O)C(=O)C[C@@H](C)C(=O)NCCOCCOCCOCCOCCC(=O)O. The summed E-state index contributed by atoms with van der Waals surface area (Å²) >= 11 is 0. The molecule has 3 amide bonds. The molecule has 0 saturated carbocycles. The number of aliphatic carboxylic acids is 4. The van der Waals surface area contributed by atoms with Crippen LogP contribution in [0.4, 0.5) is 4.39 Å². The third kappa shape index (κ3) is 27.5. The summed E-state index contributed by atoms with van der Waals surface area (Å²) in [5.41, 5.74) is 0.411. The summed E-state index contributed by atoms with van der Waals surface area (Å²) in [7, 11) is 0. The Hall–Kier alpha value is -5.79. The number of carbonyl (C=O) groups excluding carboxylic acids is 6. The average molecular weight is 961 g/mol. The highest BCUT2D eigenvalue weighted by molar-refractivity contribution is 5.97. The van der Waals surface area contributed by atoms with Crippen molar-refractivity contribution in [3.8, 4) is 0 Å². The zero-order valence-corrected chi connectivity index (χ0v) is 38.1. The summed E-state index contributed by atoms with van der Waals surface area (Å²) in [6.07, 6.45) is -2.76. The predicted molar refractivity (Wildman–Crippen MR) is 228 cm³/mol. The lowest BCUT2D eigenvalue weighted by molar-refractivity contribution is -0.143. The minimum Gasteiger partial charge on any atom is -0.481 e. The van der Waals surface area contributed by atoms with Crippen molar-refractivity contribution in [2.45, 2.75) is 104 Å². The molecule has 1 rings (SSSR count). The van der Waals surface area contributed by atoms with Crippen LogP contribution in [0.5, 0.6) is 0 Å². The maximum atomic E-state index is 13.7. The van der Waals surface area contributed by atoms with Crippen LogP contribution in [0.2, 0.25) is 0 Å². The molecule has 0 bridgehead atoms. The Balaban J connectivity index is 2.81. The van der Waals surface area contributed by atoms with Crippen molar-refractivity contribution in [3.05, 3.63) is 11.9 Å². The molecular weight excluding hydrogens is 895 g/mol. The summed E-state index contributed by atoms with van der Waals surface area (Å²) in [4.78, 5) is 125. The van der Waals surface area contributed by atoms with Gasteiger partial charge in [-0.2, -0.15) is 0 Å². The Morgan fingerprint density at radius 3 is 1.75 bits per heavy atom. The summed E-state index contributed by atoms with van der Waals surface area (Å²) in [6, 6.07) is -3.17. The number of aromatic nitrogens is 3. The Kier molecular flexibility index (Phi) is 29.7. The molecule has 0 saturated heterocycles. The largest absolute Gasteiger partial charge is 0.481 e. The van der Waals surface area contributed by atoms with Gasteiger partial charge in [-0.25, -0.2) is 4.68 Å². The first kappa shape index (κ1) is 59.2. The number of carbonyl (C=O) groups is 10. The van der Waals surface area contributed by atoms with E-state index in [1.165, 1.54) is 13.1 Å². The van der Waals surface area contributed by atoms with Crippen LogP contribution >= 0.6 is 0 Å². The molecule has 0 aliphatic heterocycles. The van der Waals surface area contributed by atoms with Crippen LogP contribution in [-0.2, 0) is 79.9 Å². The van der Waals surface area contributed by atoms with Crippen LogP contribution in [0.3, 0.4) is 0 Å². The second-order valence-corrected chi connectivity index (χ2v) is 15.9. The smallest absolute Gasteiger partial charge is 0.305 e. The number of hydrogen-bond acceptors (Lipinski definition) is 16. The number of alkyl halides is 1. The maximum absolute atomic E-state index is 13.7. The van der Waals surface area contributed by atoms with Crippen molar-refractivity contribution < 1.29 is 91.7 Å². The molecule has 378 valence electrons. The van der Waals surface area contributed by atoms with Gasteiger partial charge in [-0.15, -0.1) is 5.10 Å². The van der Waals surface area contributed by atoms with Crippen LogP contribution < -0.4 is 16.0 Å². The first-order chi connectivity index (χ1) is 31.7. The van der Waals surface area contributed by atoms with Gasteiger partial charge in [0.15, 0.2) is 17.3 Å². The number of hydrogen-bond donors (Lipinski definition) is 7. The number of ether oxygens (including phenoxy) is 4. The average Bonchev–Trinajstić information content (AvgIpc) is 3.69. The van der Waals surface area contributed by atoms with Crippen molar-refractivity contribution in [1.29, 1.82) is 0 Å². The standard InChI is InChI=1S/C42H65FN6O18/c1-26(2)31(22-35(52)32(6-7-36(53)54)45-41(62)28(21-38(57)58)20-30(50)25-49-24-29(47-48-49)5-4-9-43)42(63)46-33(23-39(59)60)34(51)19-27(3)40(61)44-10-12-65-14-16-67-18-17-66-15-13-64-11-8-37(55)56/h24,26-28,31-33H,4-23,25H2,1-3H3,(H,44,61)(H,45,62)(H,46,63)(H,53,54)(H,55,56)(H,57,58)(H,59,60)/t27-,28+,31+,32+,33+/m1/s1. The molecule has 0 spiro atoms. The van der Waals surface area contributed by atoms with Gasteiger partial charge in [-0.1, -0.05) is 26.0 Å². The molecular formula is C42H65FN6O18. The minimum atomic E-state index is -1.61. The predicted octanol–water partition coefficient (Wildman–Crippen LogP) is 0.0234. The monoisotopic (exact) mass is 960 g/mol. The molecule has 1 heterocycles. The quantitative estimate of drug-likeness (QED) is 0.0425. The molecule has 7 N–H and O–H groups in total. The zero-order valence-electron chi connectivity index (χ0n) is 38.1. The number of carboxylic acid groups (broad SMARTS) is 4. The number of nitrogens with zero attached hydrogens (tertiary/aromatic N) is 3. The van der Waals surface area contributed by atoms with Crippen LogP contribution in [0, 0.1) is 23.7 Å². The van der Waals surface area contributed by atoms with E-state index in [0.29, 0.717) is 5.69 Å². The van der Waals surface area contributed by atoms with Gasteiger partial charge in [0, 0.05) is 50.3 Å². The first-order valence-electron chi connectivity index (χ1n) is 21.8. The topological polar surface area (TPSA) is 355 Å². The van der Waals surface area contributed by atoms with Crippen molar-refractivity contribution in [1.82, 2.24) is 30.9 Å². The summed E-state index contributed by atoms with van der Waals surface area (Å²) in [5.74, 6) is -14.3. The lowest BCUT2D eigenvalue weighted by atomic mass is 9.86. The number of halogens is 1. The highest BCUT2D eigenvalue weighted by Crippen LogP contribution is 2.21. The van der Waals surface area contributed by atoms with Gasteiger partial charge >= 0.3 is 23.9 Å². The second-order valence-electron chi connectivity index (χ2n) is 15.9. The minimum absolute atomic E-state index is 0.0724. The lowest BCUT2D eigenvalue weighted by Gasteiger charge is -2.26. The van der Waals surface area contributed by atoms with Crippen LogP contribution in [0.1, 0.15) is 84.3 Å². The summed E-state index contributed by atoms with van der Waals surface area (Å²) < 4.78 is 34.8. The fourth-order valence-corrected chi connectivity index (χ4v) is 6.21. The van der Waals surface area contributed by atoms with Crippen LogP contribution in [-0.4, -0.2) is 173 Å². The molecule has 5 atom stereocenters. The molecule has 24 nitrogen and oxygen atoms in total. The van der Waals surface area contributed by atoms with Crippen LogP contribution in [0.25, 0.3) is 0 Å². The van der Waals surface area contributed by atoms with E-state index >= 15 is 0 Å². The molecule has 1 aromatic rings. The van der Waals surface area contributed by atoms with E-state index in [4.69, 9.17) is 24.1 Å². The first-order valence-corrected chi connectivity index (χ1v) is 21.8. The number of aryl methyl sites for hydroxylation is 1. The van der Waals surface area contributed by atoms with Crippen molar-refractivity contribution >= 4 is 58.9 Å². The molecule has 1 aromatic heterocycles. The highest BCUT2D eigenvalue weighted by atomic mass is 19.1. The Morgan fingerprint density at radius 2 is 1.19 bits per heavy atom. The molecule has 0 fully saturated rings. The van der Waals surface area contributed by atoms with E-state index in [1.807, 2.05) is 0 Å².